The zero-order chi connectivity index (χ0) is 4.50. The van der Waals surface area contributed by atoms with Crippen LogP contribution in [0.5, 0.6) is 0 Å². The molecule has 53 valence electrons. The summed E-state index contributed by atoms with van der Waals surface area (Å²) in [6.07, 6.45) is 0. The van der Waals surface area contributed by atoms with Gasteiger partial charge in [-0.05, 0) is 0 Å². The van der Waals surface area contributed by atoms with Gasteiger partial charge in [0.2, 0.25) is 0 Å². The molecule has 0 saturated heterocycles. The van der Waals surface area contributed by atoms with Crippen molar-refractivity contribution in [3.8, 4) is 0 Å². The minimum atomic E-state index is -4.67. The van der Waals surface area contributed by atoms with E-state index in [0.717, 1.165) is 0 Å². The van der Waals surface area contributed by atoms with Gasteiger partial charge in [0, 0.05) is 18.6 Å². The summed E-state index contributed by atoms with van der Waals surface area (Å²) in [4.78, 5) is 0. The molecular formula is H8N2O4SV. The third kappa shape index (κ3) is 1310. The van der Waals surface area contributed by atoms with Crippen LogP contribution in [0.25, 0.3) is 0 Å². The minimum absolute atomic E-state index is 0. The van der Waals surface area contributed by atoms with E-state index in [1.807, 2.05) is 0 Å². The van der Waals surface area contributed by atoms with E-state index in [9.17, 15) is 0 Å². The van der Waals surface area contributed by atoms with Gasteiger partial charge >= 0.3 is 10.4 Å². The van der Waals surface area contributed by atoms with E-state index < -0.39 is 10.4 Å². The van der Waals surface area contributed by atoms with Crippen LogP contribution < -0.4 is 12.3 Å². The molecule has 0 aliphatic rings. The first kappa shape index (κ1) is 23.8. The molecule has 1 radical (unpaired) electrons. The van der Waals surface area contributed by atoms with Gasteiger partial charge < -0.3 is 12.3 Å². The Morgan fingerprint density at radius 1 is 1.00 bits per heavy atom. The number of hydrogen-bond donors (Lipinski definition) is 4. The molecule has 0 fully saturated rings. The van der Waals surface area contributed by atoms with Crippen molar-refractivity contribution in [2.75, 3.05) is 0 Å². The first-order valence-electron chi connectivity index (χ1n) is 0.698. The fraction of sp³-hybridized carbons (Fsp3) is 0. The normalized spacial score (nSPS) is 7.25. The van der Waals surface area contributed by atoms with Gasteiger partial charge in [0.25, 0.3) is 0 Å². The van der Waals surface area contributed by atoms with Gasteiger partial charge in [0.1, 0.15) is 0 Å². The van der Waals surface area contributed by atoms with E-state index in [1.54, 1.807) is 0 Å². The van der Waals surface area contributed by atoms with Crippen LogP contribution in [-0.4, -0.2) is 17.5 Å². The van der Waals surface area contributed by atoms with Crippen LogP contribution in [-0.2, 0) is 29.0 Å². The van der Waals surface area contributed by atoms with Crippen molar-refractivity contribution in [3.63, 3.8) is 0 Å². The largest absolute Gasteiger partial charge is 0.394 e. The summed E-state index contributed by atoms with van der Waals surface area (Å²) in [5, 5.41) is 0. The smallest absolute Gasteiger partial charge is 0.344 e. The minimum Gasteiger partial charge on any atom is -0.344 e. The molecule has 0 saturated carbocycles. The Balaban J connectivity index is -0.0000000267. The second-order valence-corrected chi connectivity index (χ2v) is 1.34. The number of rotatable bonds is 0. The quantitative estimate of drug-likeness (QED) is 0.378. The summed E-state index contributed by atoms with van der Waals surface area (Å²) < 4.78 is 31.6. The maximum atomic E-state index is 8.74. The summed E-state index contributed by atoms with van der Waals surface area (Å²) in [6.45, 7) is 0. The molecule has 0 aliphatic carbocycles. The number of hydrogen-bond acceptors (Lipinski definition) is 4. The van der Waals surface area contributed by atoms with Crippen LogP contribution >= 0.6 is 0 Å². The Morgan fingerprint density at radius 2 is 1.00 bits per heavy atom. The zero-order valence-corrected chi connectivity index (χ0v) is 6.19. The topological polar surface area (TPSA) is 145 Å². The van der Waals surface area contributed by atoms with Crippen molar-refractivity contribution in [1.29, 1.82) is 0 Å². The Bertz CT molecular complexity index is 97.2. The maximum absolute atomic E-state index is 8.74. The summed E-state index contributed by atoms with van der Waals surface area (Å²) in [6, 6.07) is 0. The van der Waals surface area contributed by atoms with Gasteiger partial charge in [0.05, 0.1) is 0 Å². The molecule has 6 nitrogen and oxygen atoms in total. The molecule has 0 aliphatic heterocycles. The fourth-order valence-electron chi connectivity index (χ4n) is 0. The maximum Gasteiger partial charge on any atom is 0.394 e. The van der Waals surface area contributed by atoms with Gasteiger partial charge in [-0.1, -0.05) is 0 Å². The average molecular weight is 183 g/mol. The molecule has 8 N–H and O–H groups in total. The van der Waals surface area contributed by atoms with Crippen LogP contribution in [0.15, 0.2) is 0 Å². The van der Waals surface area contributed by atoms with Crippen molar-refractivity contribution in [2.45, 2.75) is 0 Å². The van der Waals surface area contributed by atoms with Gasteiger partial charge in [-0.15, -0.1) is 0 Å². The SMILES string of the molecule is N.N.O=S(=O)(O)O.[V]. The van der Waals surface area contributed by atoms with E-state index in [1.165, 1.54) is 0 Å². The Kier molecular flexibility index (Phi) is 21.9. The molecular weight excluding hydrogens is 175 g/mol. The summed E-state index contributed by atoms with van der Waals surface area (Å²) in [5.74, 6) is 0. The predicted molar refractivity (Wildman–Crippen MR) is 24.2 cm³/mol. The summed E-state index contributed by atoms with van der Waals surface area (Å²) in [5.41, 5.74) is 0. The Labute approximate surface area is 59.3 Å². The van der Waals surface area contributed by atoms with Crippen LogP contribution in [0.2, 0.25) is 0 Å². The molecule has 0 spiro atoms. The molecule has 0 aromatic heterocycles. The van der Waals surface area contributed by atoms with E-state index in [2.05, 4.69) is 0 Å². The summed E-state index contributed by atoms with van der Waals surface area (Å²) >= 11 is 0. The van der Waals surface area contributed by atoms with Gasteiger partial charge in [0.15, 0.2) is 0 Å². The third-order valence-corrected chi connectivity index (χ3v) is 0. The average Bonchev–Trinajstić information content (AvgIpc) is 0.722. The Hall–Kier alpha value is 0.374. The second-order valence-electron chi connectivity index (χ2n) is 0.448. The third-order valence-electron chi connectivity index (χ3n) is 0. The van der Waals surface area contributed by atoms with Crippen LogP contribution in [0.3, 0.4) is 0 Å². The van der Waals surface area contributed by atoms with E-state index in [4.69, 9.17) is 17.5 Å². The molecule has 0 heterocycles. The predicted octanol–water partition coefficient (Wildman–Crippen LogP) is -0.331. The molecule has 0 amide bonds. The molecule has 0 atom stereocenters. The molecule has 0 unspecified atom stereocenters. The van der Waals surface area contributed by atoms with Crippen molar-refractivity contribution in [1.82, 2.24) is 12.3 Å². The molecule has 8 heavy (non-hydrogen) atoms. The first-order chi connectivity index (χ1) is 2.00. The van der Waals surface area contributed by atoms with E-state index in [-0.39, 0.29) is 30.9 Å². The molecule has 0 aromatic rings. The first-order valence-corrected chi connectivity index (χ1v) is 2.10. The van der Waals surface area contributed by atoms with Crippen LogP contribution in [0.1, 0.15) is 0 Å². The molecule has 8 heteroatoms. The van der Waals surface area contributed by atoms with Crippen molar-refractivity contribution >= 4 is 10.4 Å². The van der Waals surface area contributed by atoms with E-state index >= 15 is 0 Å². The fourth-order valence-corrected chi connectivity index (χ4v) is 0. The van der Waals surface area contributed by atoms with Crippen LogP contribution in [0, 0.1) is 0 Å². The monoisotopic (exact) mass is 183 g/mol. The van der Waals surface area contributed by atoms with Gasteiger partial charge in [-0.25, -0.2) is 0 Å². The van der Waals surface area contributed by atoms with Gasteiger partial charge in [-0.3, -0.25) is 9.11 Å². The van der Waals surface area contributed by atoms with E-state index in [0.29, 0.717) is 0 Å². The summed E-state index contributed by atoms with van der Waals surface area (Å²) in [7, 11) is -4.67. The molecule has 0 rings (SSSR count). The van der Waals surface area contributed by atoms with Crippen molar-refractivity contribution < 1.29 is 36.1 Å². The van der Waals surface area contributed by atoms with Crippen molar-refractivity contribution in [2.24, 2.45) is 0 Å². The molecule has 0 aromatic carbocycles. The van der Waals surface area contributed by atoms with Gasteiger partial charge in [-0.2, -0.15) is 8.42 Å². The zero-order valence-electron chi connectivity index (χ0n) is 3.98. The van der Waals surface area contributed by atoms with Crippen molar-refractivity contribution in [3.05, 3.63) is 0 Å². The Morgan fingerprint density at radius 3 is 1.00 bits per heavy atom. The molecule has 0 bridgehead atoms. The van der Waals surface area contributed by atoms with Crippen LogP contribution in [0.4, 0.5) is 0 Å². The second kappa shape index (κ2) is 7.37. The standard InChI is InChI=1S/2H3N.H2O4S.V/c;;1-5(2,3)4;/h2*1H3;(H2,1,2,3,4);.